The van der Waals surface area contributed by atoms with Crippen LogP contribution in [0.2, 0.25) is 0 Å². The molecule has 0 aromatic heterocycles. The molecule has 0 saturated carbocycles. The summed E-state index contributed by atoms with van der Waals surface area (Å²) in [4.78, 5) is 0. The lowest BCUT2D eigenvalue weighted by Gasteiger charge is -2.16. The second-order valence-electron chi connectivity index (χ2n) is 4.50. The summed E-state index contributed by atoms with van der Waals surface area (Å²) in [7, 11) is 1.37. The molecule has 0 spiro atoms. The van der Waals surface area contributed by atoms with Gasteiger partial charge in [-0.05, 0) is 35.6 Å². The fourth-order valence-corrected chi connectivity index (χ4v) is 2.27. The molecule has 2 nitrogen and oxygen atoms in total. The van der Waals surface area contributed by atoms with E-state index < -0.39 is 17.6 Å². The molecule has 0 saturated heterocycles. The summed E-state index contributed by atoms with van der Waals surface area (Å²) in [5, 5.41) is 0.170. The molecule has 0 aliphatic heterocycles. The van der Waals surface area contributed by atoms with Crippen LogP contribution in [-0.2, 0) is 17.3 Å². The zero-order chi connectivity index (χ0) is 15.6. The van der Waals surface area contributed by atoms with Crippen LogP contribution in [-0.4, -0.2) is 13.9 Å². The number of hydrogen-bond acceptors (Lipinski definition) is 2. The van der Waals surface area contributed by atoms with Crippen LogP contribution in [0.5, 0.6) is 5.75 Å². The first-order chi connectivity index (χ1) is 9.88. The van der Waals surface area contributed by atoms with E-state index in [1.165, 1.54) is 25.3 Å². The zero-order valence-corrected chi connectivity index (χ0v) is 11.6. The van der Waals surface area contributed by atoms with Gasteiger partial charge in [0.1, 0.15) is 11.6 Å². The lowest BCUT2D eigenvalue weighted by Crippen LogP contribution is -2.09. The van der Waals surface area contributed by atoms with Gasteiger partial charge in [-0.1, -0.05) is 13.0 Å². The summed E-state index contributed by atoms with van der Waals surface area (Å²) >= 11 is 0. The maximum absolute atomic E-state index is 13.8. The van der Waals surface area contributed by atoms with Crippen molar-refractivity contribution in [1.29, 1.82) is 0 Å². The van der Waals surface area contributed by atoms with Gasteiger partial charge in [0.2, 0.25) is 0 Å². The smallest absolute Gasteiger partial charge is 0.417 e. The summed E-state index contributed by atoms with van der Waals surface area (Å²) < 4.78 is 63.3. The molecule has 0 radical (unpaired) electrons. The predicted octanol–water partition coefficient (Wildman–Crippen LogP) is 4.54. The molecular formula is C15H14F4O2. The molecular weight excluding hydrogens is 288 g/mol. The van der Waals surface area contributed by atoms with Gasteiger partial charge in [-0.25, -0.2) is 4.39 Å². The highest BCUT2D eigenvalue weighted by Crippen LogP contribution is 2.39. The predicted molar refractivity (Wildman–Crippen MR) is 70.8 cm³/mol. The van der Waals surface area contributed by atoms with E-state index in [2.05, 4.69) is 4.74 Å². The molecule has 6 heteroatoms. The topological polar surface area (TPSA) is 18.5 Å². The largest absolute Gasteiger partial charge is 0.468 e. The second-order valence-corrected chi connectivity index (χ2v) is 4.50. The number of aryl methyl sites for hydroxylation is 1. The van der Waals surface area contributed by atoms with E-state index in [1.807, 2.05) is 0 Å². The summed E-state index contributed by atoms with van der Waals surface area (Å²) in [5.74, 6) is -0.605. The van der Waals surface area contributed by atoms with Crippen molar-refractivity contribution in [2.75, 3.05) is 13.9 Å². The molecule has 0 N–H and O–H groups in total. The Morgan fingerprint density at radius 1 is 1.14 bits per heavy atom. The standard InChI is InChI=1S/C15H14F4O2/c1-3-11-13(16)5-4-9-6-10(21-8-20-2)7-12(14(9)11)15(17,18)19/h4-7H,3,8H2,1-2H3. The normalized spacial score (nSPS) is 11.9. The molecule has 2 aromatic carbocycles. The molecule has 114 valence electrons. The Bertz CT molecular complexity index is 650. The van der Waals surface area contributed by atoms with Crippen molar-refractivity contribution in [3.05, 3.63) is 41.2 Å². The first kappa shape index (κ1) is 15.6. The number of methoxy groups -OCH3 is 1. The number of fused-ring (bicyclic) bond motifs is 1. The van der Waals surface area contributed by atoms with Gasteiger partial charge in [-0.15, -0.1) is 0 Å². The summed E-state index contributed by atoms with van der Waals surface area (Å²) in [5.41, 5.74) is -0.847. The fourth-order valence-electron chi connectivity index (χ4n) is 2.27. The van der Waals surface area contributed by atoms with Crippen LogP contribution in [0.25, 0.3) is 10.8 Å². The fraction of sp³-hybridized carbons (Fsp3) is 0.333. The van der Waals surface area contributed by atoms with E-state index in [1.54, 1.807) is 6.92 Å². The Morgan fingerprint density at radius 3 is 2.43 bits per heavy atom. The number of benzene rings is 2. The van der Waals surface area contributed by atoms with E-state index >= 15 is 0 Å². The van der Waals surface area contributed by atoms with Gasteiger partial charge in [0, 0.05) is 12.5 Å². The average molecular weight is 302 g/mol. The van der Waals surface area contributed by atoms with Crippen molar-refractivity contribution in [2.45, 2.75) is 19.5 Å². The molecule has 0 bridgehead atoms. The van der Waals surface area contributed by atoms with Crippen molar-refractivity contribution >= 4 is 10.8 Å². The van der Waals surface area contributed by atoms with Crippen molar-refractivity contribution in [2.24, 2.45) is 0 Å². The Morgan fingerprint density at radius 2 is 1.86 bits per heavy atom. The molecule has 0 amide bonds. The molecule has 0 aliphatic rings. The molecule has 21 heavy (non-hydrogen) atoms. The lowest BCUT2D eigenvalue weighted by molar-refractivity contribution is -0.136. The summed E-state index contributed by atoms with van der Waals surface area (Å²) in [6.07, 6.45) is -4.42. The van der Waals surface area contributed by atoms with Crippen LogP contribution in [0.1, 0.15) is 18.1 Å². The van der Waals surface area contributed by atoms with Gasteiger partial charge in [-0.2, -0.15) is 13.2 Å². The van der Waals surface area contributed by atoms with Crippen LogP contribution >= 0.6 is 0 Å². The molecule has 2 rings (SSSR count). The quantitative estimate of drug-likeness (QED) is 0.609. The monoisotopic (exact) mass is 302 g/mol. The summed E-state index contributed by atoms with van der Waals surface area (Å²) in [6, 6.07) is 4.81. The number of hydrogen-bond donors (Lipinski definition) is 0. The number of alkyl halides is 3. The van der Waals surface area contributed by atoms with E-state index in [4.69, 9.17) is 4.74 Å². The first-order valence-electron chi connectivity index (χ1n) is 6.32. The van der Waals surface area contributed by atoms with E-state index in [9.17, 15) is 17.6 Å². The minimum Gasteiger partial charge on any atom is -0.468 e. The lowest BCUT2D eigenvalue weighted by atomic mass is 9.96. The van der Waals surface area contributed by atoms with Gasteiger partial charge >= 0.3 is 6.18 Å². The highest BCUT2D eigenvalue weighted by Gasteiger charge is 2.34. The summed E-state index contributed by atoms with van der Waals surface area (Å²) in [6.45, 7) is 1.46. The van der Waals surface area contributed by atoms with E-state index in [0.29, 0.717) is 0 Å². The Hall–Kier alpha value is -1.82. The van der Waals surface area contributed by atoms with Crippen LogP contribution < -0.4 is 4.74 Å². The molecule has 0 atom stereocenters. The second kappa shape index (κ2) is 5.89. The van der Waals surface area contributed by atoms with Gasteiger partial charge in [0.25, 0.3) is 0 Å². The van der Waals surface area contributed by atoms with E-state index in [-0.39, 0.29) is 35.3 Å². The molecule has 0 unspecified atom stereocenters. The van der Waals surface area contributed by atoms with Gasteiger partial charge in [0.15, 0.2) is 6.79 Å². The third-order valence-electron chi connectivity index (χ3n) is 3.14. The molecule has 0 aliphatic carbocycles. The van der Waals surface area contributed by atoms with Crippen molar-refractivity contribution < 1.29 is 27.0 Å². The third-order valence-corrected chi connectivity index (χ3v) is 3.14. The van der Waals surface area contributed by atoms with Crippen molar-refractivity contribution in [1.82, 2.24) is 0 Å². The molecule has 0 heterocycles. The van der Waals surface area contributed by atoms with Gasteiger partial charge in [-0.3, -0.25) is 0 Å². The number of rotatable bonds is 4. The Balaban J connectivity index is 2.75. The number of halogens is 4. The minimum atomic E-state index is -4.59. The van der Waals surface area contributed by atoms with Crippen LogP contribution in [0.4, 0.5) is 17.6 Å². The van der Waals surface area contributed by atoms with E-state index in [0.717, 1.165) is 6.07 Å². The average Bonchev–Trinajstić information content (AvgIpc) is 2.43. The zero-order valence-electron chi connectivity index (χ0n) is 11.6. The van der Waals surface area contributed by atoms with Crippen molar-refractivity contribution in [3.8, 4) is 5.75 Å². The molecule has 2 aromatic rings. The van der Waals surface area contributed by atoms with Gasteiger partial charge in [0.05, 0.1) is 5.56 Å². The van der Waals surface area contributed by atoms with Crippen LogP contribution in [0, 0.1) is 5.82 Å². The highest BCUT2D eigenvalue weighted by atomic mass is 19.4. The highest BCUT2D eigenvalue weighted by molar-refractivity contribution is 5.91. The van der Waals surface area contributed by atoms with Crippen LogP contribution in [0.3, 0.4) is 0 Å². The third kappa shape index (κ3) is 3.10. The van der Waals surface area contributed by atoms with Gasteiger partial charge < -0.3 is 9.47 Å². The van der Waals surface area contributed by atoms with Crippen LogP contribution in [0.15, 0.2) is 24.3 Å². The Labute approximate surface area is 119 Å². The number of ether oxygens (including phenoxy) is 2. The molecule has 0 fully saturated rings. The minimum absolute atomic E-state index is 0.0327. The maximum Gasteiger partial charge on any atom is 0.417 e. The first-order valence-corrected chi connectivity index (χ1v) is 6.32. The maximum atomic E-state index is 13.8. The van der Waals surface area contributed by atoms with Crippen molar-refractivity contribution in [3.63, 3.8) is 0 Å². The Kier molecular flexibility index (Phi) is 4.37. The SMILES string of the molecule is CCc1c(F)ccc2cc(OCOC)cc(C(F)(F)F)c12.